The van der Waals surface area contributed by atoms with E-state index in [1.54, 1.807) is 6.07 Å². The number of oxime groups is 1. The third-order valence-corrected chi connectivity index (χ3v) is 4.58. The number of nitrogens with zero attached hydrogens (tertiary/aromatic N) is 1. The van der Waals surface area contributed by atoms with E-state index < -0.39 is 4.74 Å². The number of aryl methyl sites for hydroxylation is 1. The molecule has 0 radical (unpaired) electrons. The van der Waals surface area contributed by atoms with Crippen LogP contribution in [-0.2, 0) is 11.3 Å². The van der Waals surface area contributed by atoms with Crippen LogP contribution in [0.3, 0.4) is 0 Å². The molecular formula is C22H32BrClFNO3. The maximum Gasteiger partial charge on any atom is 0.165 e. The fourth-order valence-corrected chi connectivity index (χ4v) is 3.09. The molecule has 0 saturated heterocycles. The van der Waals surface area contributed by atoms with Crippen molar-refractivity contribution in [3.63, 3.8) is 0 Å². The molecule has 0 aromatic heterocycles. The summed E-state index contributed by atoms with van der Waals surface area (Å²) in [7, 11) is 0. The van der Waals surface area contributed by atoms with Crippen LogP contribution in [0.5, 0.6) is 11.5 Å². The Bertz CT molecular complexity index is 660. The first-order valence-electron chi connectivity index (χ1n) is 10.2. The Morgan fingerprint density at radius 3 is 2.45 bits per heavy atom. The van der Waals surface area contributed by atoms with Gasteiger partial charge in [-0.2, -0.15) is 4.39 Å². The zero-order valence-corrected chi connectivity index (χ0v) is 20.0. The van der Waals surface area contributed by atoms with Gasteiger partial charge in [-0.3, -0.25) is 0 Å². The van der Waals surface area contributed by atoms with Crippen molar-refractivity contribution in [2.24, 2.45) is 5.16 Å². The van der Waals surface area contributed by atoms with Crippen LogP contribution >= 0.6 is 27.5 Å². The van der Waals surface area contributed by atoms with E-state index in [0.717, 1.165) is 62.0 Å². The predicted molar refractivity (Wildman–Crippen MR) is 122 cm³/mol. The second kappa shape index (κ2) is 15.6. The summed E-state index contributed by atoms with van der Waals surface area (Å²) in [4.78, 5) is 5.19. The number of benzene rings is 1. The molecule has 7 heteroatoms. The van der Waals surface area contributed by atoms with Gasteiger partial charge in [0, 0.05) is 6.07 Å². The van der Waals surface area contributed by atoms with Crippen molar-refractivity contribution < 1.29 is 18.7 Å². The van der Waals surface area contributed by atoms with Crippen molar-refractivity contribution in [3.8, 4) is 11.5 Å². The van der Waals surface area contributed by atoms with Gasteiger partial charge in [-0.25, -0.2) is 0 Å². The van der Waals surface area contributed by atoms with Crippen LogP contribution in [0.25, 0.3) is 0 Å². The quantitative estimate of drug-likeness (QED) is 0.144. The topological polar surface area (TPSA) is 40.0 Å². The summed E-state index contributed by atoms with van der Waals surface area (Å²) in [5, 5.41) is 4.45. The van der Waals surface area contributed by atoms with Crippen LogP contribution in [0.1, 0.15) is 64.9 Å². The first-order chi connectivity index (χ1) is 13.9. The number of rotatable bonds is 15. The summed E-state index contributed by atoms with van der Waals surface area (Å²) >= 11 is 9.15. The van der Waals surface area contributed by atoms with Gasteiger partial charge in [0.15, 0.2) is 4.74 Å². The summed E-state index contributed by atoms with van der Waals surface area (Å²) in [6.45, 7) is 7.37. The van der Waals surface area contributed by atoms with Crippen LogP contribution in [0, 0.1) is 0 Å². The lowest BCUT2D eigenvalue weighted by Gasteiger charge is -2.15. The Morgan fingerprint density at radius 1 is 1.10 bits per heavy atom. The Kier molecular flexibility index (Phi) is 13.8. The van der Waals surface area contributed by atoms with Crippen molar-refractivity contribution in [2.75, 3.05) is 19.8 Å². The Morgan fingerprint density at radius 2 is 1.79 bits per heavy atom. The van der Waals surface area contributed by atoms with Gasteiger partial charge in [0.2, 0.25) is 0 Å². The highest BCUT2D eigenvalue weighted by Crippen LogP contribution is 2.34. The average molecular weight is 493 g/mol. The molecule has 0 atom stereocenters. The molecule has 0 aliphatic carbocycles. The predicted octanol–water partition coefficient (Wildman–Crippen LogP) is 7.62. The highest BCUT2D eigenvalue weighted by Gasteiger charge is 2.12. The standard InChI is InChI=1S/C22H32BrClFNO3/c1-4-10-18-15-19(27-14-11-21(23)25)16-20(24)22(18)28-12-8-6-5-7-9-13-29-26-17(2)3/h11,15-16H,4-10,12-14H2,1-3H3/b21-11-. The lowest BCUT2D eigenvalue weighted by Crippen LogP contribution is -2.03. The lowest BCUT2D eigenvalue weighted by molar-refractivity contribution is 0.139. The molecule has 0 N–H and O–H groups in total. The summed E-state index contributed by atoms with van der Waals surface area (Å²) < 4.78 is 23.8. The Balaban J connectivity index is 2.40. The SMILES string of the molecule is CCCc1cc(OC/C=C(\F)Br)cc(Cl)c1OCCCCCCCON=C(C)C. The van der Waals surface area contributed by atoms with Gasteiger partial charge in [-0.1, -0.05) is 42.9 Å². The van der Waals surface area contributed by atoms with Crippen molar-refractivity contribution in [2.45, 2.75) is 65.7 Å². The van der Waals surface area contributed by atoms with Crippen molar-refractivity contribution >= 4 is 33.2 Å². The summed E-state index contributed by atoms with van der Waals surface area (Å²) in [5.74, 6) is 1.34. The second-order valence-electron chi connectivity index (χ2n) is 6.94. The molecule has 4 nitrogen and oxygen atoms in total. The first kappa shape index (κ1) is 25.8. The van der Waals surface area contributed by atoms with Crippen molar-refractivity contribution in [3.05, 3.63) is 33.5 Å². The maximum absolute atomic E-state index is 12.7. The lowest BCUT2D eigenvalue weighted by atomic mass is 10.1. The largest absolute Gasteiger partial charge is 0.492 e. The van der Waals surface area contributed by atoms with Gasteiger partial charge in [0.25, 0.3) is 0 Å². The minimum Gasteiger partial charge on any atom is -0.492 e. The van der Waals surface area contributed by atoms with E-state index in [9.17, 15) is 4.39 Å². The molecule has 1 aromatic carbocycles. The summed E-state index contributed by atoms with van der Waals surface area (Å²) in [6.07, 6.45) is 8.47. The van der Waals surface area contributed by atoms with E-state index in [-0.39, 0.29) is 6.61 Å². The molecule has 0 fully saturated rings. The van der Waals surface area contributed by atoms with Crippen molar-refractivity contribution in [1.29, 1.82) is 0 Å². The minimum absolute atomic E-state index is 0.134. The molecular weight excluding hydrogens is 461 g/mol. The minimum atomic E-state index is -0.450. The van der Waals surface area contributed by atoms with E-state index in [1.165, 1.54) is 6.08 Å². The molecule has 0 spiro atoms. The number of halogens is 3. The molecule has 0 aliphatic heterocycles. The van der Waals surface area contributed by atoms with Crippen molar-refractivity contribution in [1.82, 2.24) is 0 Å². The molecule has 1 rings (SSSR count). The molecule has 0 amide bonds. The van der Waals surface area contributed by atoms with E-state index >= 15 is 0 Å². The number of hydrogen-bond acceptors (Lipinski definition) is 4. The van der Waals surface area contributed by atoms with Gasteiger partial charge >= 0.3 is 0 Å². The van der Waals surface area contributed by atoms with Gasteiger partial charge in [-0.05, 0) is 73.2 Å². The number of unbranched alkanes of at least 4 members (excludes halogenated alkanes) is 4. The second-order valence-corrected chi connectivity index (χ2v) is 8.10. The van der Waals surface area contributed by atoms with Gasteiger partial charge in [0.1, 0.15) is 24.7 Å². The molecule has 0 aliphatic rings. The summed E-state index contributed by atoms with van der Waals surface area (Å²) in [5.41, 5.74) is 1.95. The van der Waals surface area contributed by atoms with E-state index in [4.69, 9.17) is 25.9 Å². The smallest absolute Gasteiger partial charge is 0.165 e. The normalized spacial score (nSPS) is 11.3. The molecule has 164 valence electrons. The van der Waals surface area contributed by atoms with E-state index in [0.29, 0.717) is 24.0 Å². The Hall–Kier alpha value is -1.27. The van der Waals surface area contributed by atoms with E-state index in [2.05, 4.69) is 28.0 Å². The van der Waals surface area contributed by atoms with E-state index in [1.807, 2.05) is 19.9 Å². The highest BCUT2D eigenvalue weighted by molar-refractivity contribution is 9.11. The third kappa shape index (κ3) is 12.1. The number of ether oxygens (including phenoxy) is 2. The van der Waals surface area contributed by atoms with Gasteiger partial charge < -0.3 is 14.3 Å². The van der Waals surface area contributed by atoms with Crippen LogP contribution in [0.4, 0.5) is 4.39 Å². The van der Waals surface area contributed by atoms with Crippen LogP contribution < -0.4 is 9.47 Å². The summed E-state index contributed by atoms with van der Waals surface area (Å²) in [6, 6.07) is 3.64. The maximum atomic E-state index is 12.7. The van der Waals surface area contributed by atoms with Crippen LogP contribution in [0.15, 0.2) is 28.1 Å². The molecule has 0 saturated carbocycles. The highest BCUT2D eigenvalue weighted by atomic mass is 79.9. The molecule has 0 heterocycles. The fourth-order valence-electron chi connectivity index (χ4n) is 2.67. The van der Waals surface area contributed by atoms with Gasteiger partial charge in [-0.15, -0.1) is 0 Å². The van der Waals surface area contributed by atoms with Crippen LogP contribution in [0.2, 0.25) is 5.02 Å². The van der Waals surface area contributed by atoms with Gasteiger partial charge in [0.05, 0.1) is 17.3 Å². The average Bonchev–Trinajstić information content (AvgIpc) is 2.64. The zero-order chi connectivity index (χ0) is 21.5. The van der Waals surface area contributed by atoms with Crippen LogP contribution in [-0.4, -0.2) is 25.5 Å². The molecule has 1 aromatic rings. The third-order valence-electron chi connectivity index (χ3n) is 3.97. The number of hydrogen-bond donors (Lipinski definition) is 0. The molecule has 0 unspecified atom stereocenters. The molecule has 0 bridgehead atoms. The monoisotopic (exact) mass is 491 g/mol. The first-order valence-corrected chi connectivity index (χ1v) is 11.3. The fraction of sp³-hybridized carbons (Fsp3) is 0.591. The zero-order valence-electron chi connectivity index (χ0n) is 17.6. The molecule has 29 heavy (non-hydrogen) atoms. The Labute approximate surface area is 187 Å².